The number of benzene rings is 1. The maximum absolute atomic E-state index is 5.73. The molecule has 0 saturated heterocycles. The SMILES string of the molecule is CCC.CCc1[nH]c2ccc(N)cc2c1C. The van der Waals surface area contributed by atoms with Crippen LogP contribution in [0.1, 0.15) is 38.4 Å². The zero-order chi connectivity index (χ0) is 12.1. The fourth-order valence-electron chi connectivity index (χ4n) is 1.75. The molecule has 0 unspecified atom stereocenters. The van der Waals surface area contributed by atoms with E-state index in [1.807, 2.05) is 18.2 Å². The van der Waals surface area contributed by atoms with Crippen molar-refractivity contribution in [3.63, 3.8) is 0 Å². The zero-order valence-electron chi connectivity index (χ0n) is 10.7. The van der Waals surface area contributed by atoms with E-state index in [0.717, 1.165) is 12.1 Å². The molecule has 2 nitrogen and oxygen atoms in total. The lowest BCUT2D eigenvalue weighted by molar-refractivity contribution is 1.05. The maximum atomic E-state index is 5.73. The first kappa shape index (κ1) is 12.6. The number of rotatable bonds is 1. The number of hydrogen-bond acceptors (Lipinski definition) is 1. The van der Waals surface area contributed by atoms with Crippen LogP contribution in [0.2, 0.25) is 0 Å². The van der Waals surface area contributed by atoms with E-state index in [9.17, 15) is 0 Å². The Hall–Kier alpha value is -1.44. The van der Waals surface area contributed by atoms with Crippen LogP contribution in [0.4, 0.5) is 5.69 Å². The molecule has 0 bridgehead atoms. The van der Waals surface area contributed by atoms with Gasteiger partial charge in [-0.15, -0.1) is 0 Å². The summed E-state index contributed by atoms with van der Waals surface area (Å²) in [5, 5.41) is 1.25. The number of fused-ring (bicyclic) bond motifs is 1. The Morgan fingerprint density at radius 2 is 1.81 bits per heavy atom. The molecule has 1 aromatic heterocycles. The molecule has 2 rings (SSSR count). The molecule has 1 heterocycles. The zero-order valence-corrected chi connectivity index (χ0v) is 10.7. The number of nitrogens with two attached hydrogens (primary N) is 1. The molecule has 0 radical (unpaired) electrons. The normalized spacial score (nSPS) is 10.0. The van der Waals surface area contributed by atoms with E-state index in [1.165, 1.54) is 28.6 Å². The molecule has 0 fully saturated rings. The van der Waals surface area contributed by atoms with E-state index in [-0.39, 0.29) is 0 Å². The second-order valence-corrected chi connectivity index (χ2v) is 4.09. The van der Waals surface area contributed by atoms with Crippen molar-refractivity contribution < 1.29 is 0 Å². The summed E-state index contributed by atoms with van der Waals surface area (Å²) in [6.45, 7) is 8.54. The van der Waals surface area contributed by atoms with Gasteiger partial charge >= 0.3 is 0 Å². The molecule has 0 saturated carbocycles. The second kappa shape index (κ2) is 5.59. The van der Waals surface area contributed by atoms with Crippen molar-refractivity contribution in [2.24, 2.45) is 0 Å². The van der Waals surface area contributed by atoms with Crippen LogP contribution in [0, 0.1) is 6.92 Å². The first-order valence-electron chi connectivity index (χ1n) is 6.00. The Kier molecular flexibility index (Phi) is 4.41. The number of aromatic nitrogens is 1. The van der Waals surface area contributed by atoms with E-state index in [0.29, 0.717) is 0 Å². The third kappa shape index (κ3) is 2.57. The Labute approximate surface area is 97.9 Å². The smallest absolute Gasteiger partial charge is 0.0460 e. The third-order valence-electron chi connectivity index (χ3n) is 2.54. The molecule has 2 aromatic rings. The van der Waals surface area contributed by atoms with Crippen molar-refractivity contribution in [1.29, 1.82) is 0 Å². The van der Waals surface area contributed by atoms with Gasteiger partial charge in [-0.2, -0.15) is 0 Å². The minimum atomic E-state index is 0.831. The fourth-order valence-corrected chi connectivity index (χ4v) is 1.75. The van der Waals surface area contributed by atoms with E-state index in [1.54, 1.807) is 0 Å². The fraction of sp³-hybridized carbons (Fsp3) is 0.429. The van der Waals surface area contributed by atoms with Crippen LogP contribution in [0.15, 0.2) is 18.2 Å². The van der Waals surface area contributed by atoms with Crippen LogP contribution < -0.4 is 5.73 Å². The monoisotopic (exact) mass is 218 g/mol. The number of H-pyrrole nitrogens is 1. The van der Waals surface area contributed by atoms with Crippen LogP contribution in [0.25, 0.3) is 10.9 Å². The van der Waals surface area contributed by atoms with Crippen molar-refractivity contribution in [3.8, 4) is 0 Å². The molecule has 0 atom stereocenters. The molecule has 0 spiro atoms. The Morgan fingerprint density at radius 1 is 1.19 bits per heavy atom. The van der Waals surface area contributed by atoms with Crippen LogP contribution in [0.5, 0.6) is 0 Å². The van der Waals surface area contributed by atoms with Crippen LogP contribution in [-0.2, 0) is 6.42 Å². The Morgan fingerprint density at radius 3 is 2.38 bits per heavy atom. The first-order chi connectivity index (χ1) is 7.63. The van der Waals surface area contributed by atoms with Gasteiger partial charge < -0.3 is 10.7 Å². The van der Waals surface area contributed by atoms with Gasteiger partial charge in [0.25, 0.3) is 0 Å². The minimum absolute atomic E-state index is 0.831. The van der Waals surface area contributed by atoms with Crippen LogP contribution in [-0.4, -0.2) is 4.98 Å². The highest BCUT2D eigenvalue weighted by molar-refractivity contribution is 5.87. The van der Waals surface area contributed by atoms with Crippen molar-refractivity contribution in [2.75, 3.05) is 5.73 Å². The van der Waals surface area contributed by atoms with E-state index >= 15 is 0 Å². The topological polar surface area (TPSA) is 41.8 Å². The molecule has 16 heavy (non-hydrogen) atoms. The van der Waals surface area contributed by atoms with Crippen molar-refractivity contribution in [2.45, 2.75) is 40.5 Å². The summed E-state index contributed by atoms with van der Waals surface area (Å²) < 4.78 is 0. The van der Waals surface area contributed by atoms with Gasteiger partial charge in [-0.1, -0.05) is 27.2 Å². The van der Waals surface area contributed by atoms with Crippen molar-refractivity contribution in [1.82, 2.24) is 4.98 Å². The molecule has 0 amide bonds. The van der Waals surface area contributed by atoms with Gasteiger partial charge in [0.05, 0.1) is 0 Å². The average molecular weight is 218 g/mol. The largest absolute Gasteiger partial charge is 0.399 e. The quantitative estimate of drug-likeness (QED) is 0.697. The van der Waals surface area contributed by atoms with Gasteiger partial charge in [0.2, 0.25) is 0 Å². The number of nitrogens with one attached hydrogen (secondary N) is 1. The molecular weight excluding hydrogens is 196 g/mol. The highest BCUT2D eigenvalue weighted by Crippen LogP contribution is 2.23. The van der Waals surface area contributed by atoms with Gasteiger partial charge in [-0.05, 0) is 37.1 Å². The average Bonchev–Trinajstić information content (AvgIpc) is 2.57. The highest BCUT2D eigenvalue weighted by Gasteiger charge is 2.05. The Balaban J connectivity index is 0.000000386. The lowest BCUT2D eigenvalue weighted by Gasteiger charge is -1.94. The predicted octanol–water partition coefficient (Wildman–Crippen LogP) is 4.04. The summed E-state index contributed by atoms with van der Waals surface area (Å²) in [7, 11) is 0. The molecule has 3 N–H and O–H groups in total. The summed E-state index contributed by atoms with van der Waals surface area (Å²) >= 11 is 0. The highest BCUT2D eigenvalue weighted by atomic mass is 14.7. The molecule has 88 valence electrons. The summed E-state index contributed by atoms with van der Waals surface area (Å²) in [6.07, 6.45) is 2.29. The lowest BCUT2D eigenvalue weighted by atomic mass is 10.1. The summed E-state index contributed by atoms with van der Waals surface area (Å²) in [5.41, 5.74) is 10.4. The van der Waals surface area contributed by atoms with Gasteiger partial charge in [-0.25, -0.2) is 0 Å². The number of hydrogen-bond donors (Lipinski definition) is 2. The van der Waals surface area contributed by atoms with Gasteiger partial charge in [-0.3, -0.25) is 0 Å². The third-order valence-corrected chi connectivity index (χ3v) is 2.54. The standard InChI is InChI=1S/C11H14N2.C3H8/c1-3-10-7(2)9-6-8(12)4-5-11(9)13-10;1-3-2/h4-6,13H,3,12H2,1-2H3;3H2,1-2H3. The van der Waals surface area contributed by atoms with E-state index in [2.05, 4.69) is 32.7 Å². The molecule has 2 heteroatoms. The van der Waals surface area contributed by atoms with Gasteiger partial charge in [0, 0.05) is 22.3 Å². The molecule has 0 aliphatic heterocycles. The van der Waals surface area contributed by atoms with Gasteiger partial charge in [0.1, 0.15) is 0 Å². The minimum Gasteiger partial charge on any atom is -0.399 e. The summed E-state index contributed by atoms with van der Waals surface area (Å²) in [6, 6.07) is 5.99. The van der Waals surface area contributed by atoms with Crippen molar-refractivity contribution in [3.05, 3.63) is 29.5 Å². The molecule has 0 aliphatic rings. The molecule has 1 aromatic carbocycles. The second-order valence-electron chi connectivity index (χ2n) is 4.09. The van der Waals surface area contributed by atoms with Crippen LogP contribution >= 0.6 is 0 Å². The van der Waals surface area contributed by atoms with E-state index < -0.39 is 0 Å². The predicted molar refractivity (Wildman–Crippen MR) is 72.8 cm³/mol. The number of anilines is 1. The van der Waals surface area contributed by atoms with Crippen LogP contribution in [0.3, 0.4) is 0 Å². The molecule has 0 aliphatic carbocycles. The number of aryl methyl sites for hydroxylation is 2. The Bertz CT molecular complexity index is 455. The summed E-state index contributed by atoms with van der Waals surface area (Å²) in [5.74, 6) is 0. The van der Waals surface area contributed by atoms with Crippen molar-refractivity contribution >= 4 is 16.6 Å². The van der Waals surface area contributed by atoms with E-state index in [4.69, 9.17) is 5.73 Å². The number of nitrogen functional groups attached to an aromatic ring is 1. The summed E-state index contributed by atoms with van der Waals surface area (Å²) in [4.78, 5) is 3.39. The number of aromatic amines is 1. The van der Waals surface area contributed by atoms with Gasteiger partial charge in [0.15, 0.2) is 0 Å². The maximum Gasteiger partial charge on any atom is 0.0460 e. The molecular formula is C14H22N2. The first-order valence-corrected chi connectivity index (χ1v) is 6.00. The lowest BCUT2D eigenvalue weighted by Crippen LogP contribution is -1.82.